The van der Waals surface area contributed by atoms with E-state index in [1.165, 1.54) is 32.1 Å². The Hall–Kier alpha value is 1.62. The summed E-state index contributed by atoms with van der Waals surface area (Å²) in [5.74, 6) is -0.814. The van der Waals surface area contributed by atoms with Gasteiger partial charge >= 0.3 is 72.9 Å². The van der Waals surface area contributed by atoms with E-state index < -0.39 is 13.8 Å². The summed E-state index contributed by atoms with van der Waals surface area (Å²) in [5, 5.41) is 0. The van der Waals surface area contributed by atoms with Gasteiger partial charge in [0.2, 0.25) is 0 Å². The van der Waals surface area contributed by atoms with E-state index in [-0.39, 0.29) is 68.4 Å². The van der Waals surface area contributed by atoms with Crippen LogP contribution in [-0.4, -0.2) is 15.8 Å². The van der Waals surface area contributed by atoms with Crippen molar-refractivity contribution in [1.82, 2.24) is 0 Å². The summed E-state index contributed by atoms with van der Waals surface area (Å²) in [6, 6.07) is 0. The third kappa shape index (κ3) is 21.9. The van der Waals surface area contributed by atoms with Gasteiger partial charge in [-0.1, -0.05) is 58.3 Å². The molecule has 0 amide bonds. The van der Waals surface area contributed by atoms with Crippen LogP contribution >= 0.6 is 7.82 Å². The normalized spacial score (nSPS) is 10.3. The van der Waals surface area contributed by atoms with Crippen molar-refractivity contribution in [1.29, 1.82) is 0 Å². The largest absolute Gasteiger partial charge is 1.00 e. The van der Waals surface area contributed by atoms with Crippen molar-refractivity contribution in [2.75, 3.05) is 0 Å². The molecular weight excluding hydrogens is 301 g/mol. The van der Waals surface area contributed by atoms with E-state index in [1.54, 1.807) is 0 Å². The van der Waals surface area contributed by atoms with Gasteiger partial charge in [0.15, 0.2) is 0 Å². The zero-order valence-electron chi connectivity index (χ0n) is 15.1. The predicted molar refractivity (Wildman–Crippen MR) is 72.2 cm³/mol. The van der Waals surface area contributed by atoms with Crippen LogP contribution in [0, 0.1) is 0 Å². The minimum atomic E-state index is -4.65. The van der Waals surface area contributed by atoms with Crippen LogP contribution in [-0.2, 0) is 13.9 Å². The molecule has 0 rings (SSSR count). The summed E-state index contributed by atoms with van der Waals surface area (Å²) < 4.78 is 14.3. The zero-order chi connectivity index (χ0) is 13.9. The SMILES string of the molecule is CCCCCCCCCCCC(=O)OP(=O)(O)O.[H-].[H-].[Na+].[Na+]. The molecule has 0 aliphatic rings. The van der Waals surface area contributed by atoms with Crippen LogP contribution in [0.1, 0.15) is 74.0 Å². The molecule has 8 heteroatoms. The van der Waals surface area contributed by atoms with Gasteiger partial charge in [0.1, 0.15) is 0 Å². The van der Waals surface area contributed by atoms with Gasteiger partial charge in [-0.2, -0.15) is 0 Å². The summed E-state index contributed by atoms with van der Waals surface area (Å²) in [6.07, 6.45) is 10.2. The average molecular weight is 328 g/mol. The third-order valence-electron chi connectivity index (χ3n) is 2.71. The van der Waals surface area contributed by atoms with E-state index in [9.17, 15) is 9.36 Å². The van der Waals surface area contributed by atoms with Gasteiger partial charge in [-0.05, 0) is 6.42 Å². The second kappa shape index (κ2) is 17.0. The first-order valence-corrected chi connectivity index (χ1v) is 8.26. The Bertz CT molecular complexity index is 280. The first-order valence-electron chi connectivity index (χ1n) is 6.73. The summed E-state index contributed by atoms with van der Waals surface area (Å²) in [7, 11) is -4.65. The van der Waals surface area contributed by atoms with Gasteiger partial charge < -0.3 is 7.38 Å². The van der Waals surface area contributed by atoms with Crippen LogP contribution in [0.25, 0.3) is 0 Å². The number of hydrogen-bond acceptors (Lipinski definition) is 3. The monoisotopic (exact) mass is 328 g/mol. The van der Waals surface area contributed by atoms with Gasteiger partial charge in [-0.3, -0.25) is 14.6 Å². The van der Waals surface area contributed by atoms with Crippen LogP contribution in [0.2, 0.25) is 0 Å². The van der Waals surface area contributed by atoms with Crippen molar-refractivity contribution in [2.24, 2.45) is 0 Å². The number of hydrogen-bond donors (Lipinski definition) is 2. The molecule has 0 fully saturated rings. The fraction of sp³-hybridized carbons (Fsp3) is 0.917. The maximum atomic E-state index is 11.0. The quantitative estimate of drug-likeness (QED) is 0.255. The van der Waals surface area contributed by atoms with E-state index in [0.717, 1.165) is 19.3 Å². The van der Waals surface area contributed by atoms with Crippen molar-refractivity contribution >= 4 is 13.8 Å². The maximum Gasteiger partial charge on any atom is 1.00 e. The van der Waals surface area contributed by atoms with E-state index in [2.05, 4.69) is 11.4 Å². The molecule has 0 unspecified atom stereocenters. The van der Waals surface area contributed by atoms with Gasteiger partial charge in [0.25, 0.3) is 0 Å². The molecule has 112 valence electrons. The molecule has 0 radical (unpaired) electrons. The number of carbonyl (C=O) groups is 1. The van der Waals surface area contributed by atoms with E-state index >= 15 is 0 Å². The smallest absolute Gasteiger partial charge is 1.00 e. The molecule has 0 spiro atoms. The Morgan fingerprint density at radius 3 is 1.75 bits per heavy atom. The minimum absolute atomic E-state index is 0. The van der Waals surface area contributed by atoms with E-state index in [4.69, 9.17) is 9.79 Å². The van der Waals surface area contributed by atoms with Gasteiger partial charge in [0, 0.05) is 6.42 Å². The molecule has 0 saturated carbocycles. The second-order valence-corrected chi connectivity index (χ2v) is 5.70. The Morgan fingerprint density at radius 2 is 1.35 bits per heavy atom. The molecule has 0 saturated heterocycles. The molecule has 2 N–H and O–H groups in total. The summed E-state index contributed by atoms with van der Waals surface area (Å²) in [6.45, 7) is 2.19. The Labute approximate surface area is 169 Å². The number of phosphoric acid groups is 1. The van der Waals surface area contributed by atoms with Crippen LogP contribution in [0.4, 0.5) is 0 Å². The topological polar surface area (TPSA) is 83.8 Å². The molecule has 0 atom stereocenters. The fourth-order valence-corrected chi connectivity index (χ4v) is 2.11. The second-order valence-electron chi connectivity index (χ2n) is 4.53. The van der Waals surface area contributed by atoms with Gasteiger partial charge in [0.05, 0.1) is 0 Å². The van der Waals surface area contributed by atoms with Crippen molar-refractivity contribution in [3.63, 3.8) is 0 Å². The Morgan fingerprint density at radius 1 is 0.950 bits per heavy atom. The molecule has 0 aromatic rings. The maximum absolute atomic E-state index is 11.0. The Kier molecular flexibility index (Phi) is 22.5. The van der Waals surface area contributed by atoms with Crippen molar-refractivity contribution in [3.8, 4) is 0 Å². The average Bonchev–Trinajstić information content (AvgIpc) is 2.24. The summed E-state index contributed by atoms with van der Waals surface area (Å²) in [5.41, 5.74) is 0. The summed E-state index contributed by atoms with van der Waals surface area (Å²) in [4.78, 5) is 27.8. The van der Waals surface area contributed by atoms with E-state index in [1.807, 2.05) is 0 Å². The number of phosphoric ester groups is 1. The van der Waals surface area contributed by atoms with Crippen LogP contribution in [0.15, 0.2) is 0 Å². The van der Waals surface area contributed by atoms with Crippen LogP contribution in [0.5, 0.6) is 0 Å². The summed E-state index contributed by atoms with van der Waals surface area (Å²) >= 11 is 0. The molecule has 0 aliphatic heterocycles. The van der Waals surface area contributed by atoms with E-state index in [0.29, 0.717) is 6.42 Å². The molecule has 20 heavy (non-hydrogen) atoms. The molecule has 0 aromatic carbocycles. The minimum Gasteiger partial charge on any atom is -1.00 e. The first-order chi connectivity index (χ1) is 8.45. The van der Waals surface area contributed by atoms with Gasteiger partial charge in [-0.15, -0.1) is 0 Å². The van der Waals surface area contributed by atoms with Crippen molar-refractivity contribution in [2.45, 2.75) is 71.1 Å². The third-order valence-corrected chi connectivity index (χ3v) is 3.15. The number of carbonyl (C=O) groups excluding carboxylic acids is 1. The van der Waals surface area contributed by atoms with Crippen molar-refractivity contribution in [3.05, 3.63) is 0 Å². The van der Waals surface area contributed by atoms with Crippen molar-refractivity contribution < 1.29 is 85.6 Å². The van der Waals surface area contributed by atoms with Crippen LogP contribution in [0.3, 0.4) is 0 Å². The molecule has 0 aromatic heterocycles. The molecule has 0 bridgehead atoms. The zero-order valence-corrected chi connectivity index (χ0v) is 18.0. The standard InChI is InChI=1S/C12H25O5P.2Na.2H/c1-2-3-4-5-6-7-8-9-10-11-12(13)17-18(14,15)16;;;;/h2-11H2,1H3,(H2,14,15,16);;;;/q;2*+1;2*-1. The van der Waals surface area contributed by atoms with Crippen LogP contribution < -0.4 is 59.1 Å². The number of rotatable bonds is 11. The number of unbranched alkanes of at least 4 members (excludes halogenated alkanes) is 8. The fourth-order valence-electron chi connectivity index (χ4n) is 1.76. The molecule has 5 nitrogen and oxygen atoms in total. The molecular formula is C12H27Na2O5P. The first kappa shape index (κ1) is 26.5. The molecule has 0 aliphatic carbocycles. The predicted octanol–water partition coefficient (Wildman–Crippen LogP) is -2.22. The Balaban J connectivity index is -0.000000241. The van der Waals surface area contributed by atoms with Gasteiger partial charge in [-0.25, -0.2) is 4.57 Å². The molecule has 0 heterocycles.